The van der Waals surface area contributed by atoms with Gasteiger partial charge in [0.2, 0.25) is 0 Å². The van der Waals surface area contributed by atoms with Crippen molar-refractivity contribution in [1.82, 2.24) is 0 Å². The second-order valence-corrected chi connectivity index (χ2v) is 14.6. The monoisotopic (exact) mass is 694 g/mol. The molecule has 2 rings (SSSR count). The first-order valence-corrected chi connectivity index (χ1v) is 17.8. The fraction of sp³-hybridized carbons (Fsp3) is 0.422. The van der Waals surface area contributed by atoms with Crippen LogP contribution in [0.25, 0.3) is 0 Å². The minimum atomic E-state index is -0.786. The molecule has 2 aliphatic rings. The van der Waals surface area contributed by atoms with Crippen LogP contribution in [0.4, 0.5) is 0 Å². The van der Waals surface area contributed by atoms with E-state index in [1.54, 1.807) is 20.8 Å². The SMILES string of the molecule is CCC(=O)OC1CC(C)(C)C(C=CC(C)=CC=CC(C)=CC=CC=C(C)C=CC=C(C)C=CC2=C(C)C(=O)C(OC(=O)CC)C2(C)C)=C(C)C1=O. The third-order valence-corrected chi connectivity index (χ3v) is 9.24. The molecule has 0 aromatic rings. The Morgan fingerprint density at radius 3 is 1.53 bits per heavy atom. The third kappa shape index (κ3) is 12.3. The molecule has 2 unspecified atom stereocenters. The van der Waals surface area contributed by atoms with Gasteiger partial charge < -0.3 is 9.47 Å². The highest BCUT2D eigenvalue weighted by molar-refractivity contribution is 6.04. The van der Waals surface area contributed by atoms with Gasteiger partial charge in [-0.25, -0.2) is 0 Å². The number of ketones is 2. The molecule has 0 amide bonds. The lowest BCUT2D eigenvalue weighted by Crippen LogP contribution is -2.38. The number of hydrogen-bond donors (Lipinski definition) is 0. The van der Waals surface area contributed by atoms with E-state index >= 15 is 0 Å². The molecule has 0 radical (unpaired) electrons. The van der Waals surface area contributed by atoms with Crippen LogP contribution in [-0.4, -0.2) is 35.7 Å². The summed E-state index contributed by atoms with van der Waals surface area (Å²) < 4.78 is 10.9. The van der Waals surface area contributed by atoms with Crippen LogP contribution in [0.1, 0.15) is 102 Å². The van der Waals surface area contributed by atoms with Gasteiger partial charge in [0.05, 0.1) is 0 Å². The molecule has 0 saturated heterocycles. The van der Waals surface area contributed by atoms with Crippen molar-refractivity contribution < 1.29 is 28.7 Å². The van der Waals surface area contributed by atoms with Crippen LogP contribution in [-0.2, 0) is 28.7 Å². The van der Waals surface area contributed by atoms with Gasteiger partial charge in [-0.3, -0.25) is 19.2 Å². The predicted molar refractivity (Wildman–Crippen MR) is 209 cm³/mol. The number of allylic oxidation sites excluding steroid dienone is 19. The van der Waals surface area contributed by atoms with E-state index in [0.717, 1.165) is 33.4 Å². The zero-order valence-corrected chi connectivity index (χ0v) is 32.8. The maximum atomic E-state index is 12.9. The molecule has 274 valence electrons. The second-order valence-electron chi connectivity index (χ2n) is 14.6. The minimum absolute atomic E-state index is 0.117. The van der Waals surface area contributed by atoms with E-state index in [-0.39, 0.29) is 41.8 Å². The Balaban J connectivity index is 1.97. The zero-order chi connectivity index (χ0) is 38.5. The van der Waals surface area contributed by atoms with Gasteiger partial charge in [0, 0.05) is 24.7 Å². The Labute approximate surface area is 306 Å². The van der Waals surface area contributed by atoms with E-state index < -0.39 is 17.6 Å². The molecular formula is C45H58O6. The van der Waals surface area contributed by atoms with Crippen LogP contribution in [0, 0.1) is 10.8 Å². The van der Waals surface area contributed by atoms with Crippen molar-refractivity contribution in [3.05, 3.63) is 130 Å². The van der Waals surface area contributed by atoms with Crippen LogP contribution in [0.15, 0.2) is 130 Å². The van der Waals surface area contributed by atoms with Crippen LogP contribution < -0.4 is 0 Å². The summed E-state index contributed by atoms with van der Waals surface area (Å²) in [7, 11) is 0. The summed E-state index contributed by atoms with van der Waals surface area (Å²) in [5, 5.41) is 0. The summed E-state index contributed by atoms with van der Waals surface area (Å²) in [5.41, 5.74) is 6.54. The number of hydrogen-bond acceptors (Lipinski definition) is 6. The highest BCUT2D eigenvalue weighted by Crippen LogP contribution is 2.43. The summed E-state index contributed by atoms with van der Waals surface area (Å²) in [6.07, 6.45) is 27.7. The standard InChI is InChI=1S/C45H58O6/c1-13-39(46)50-38-29-44(9,10)36(34(7)41(38)48)27-25-32(5)23-17-21-30(3)19-15-16-20-31(4)22-18-24-33(6)26-28-37-35(8)42(49)43(45(37,11)12)51-40(47)14-2/h15-28,38,43H,13-14,29H2,1-12H3. The lowest BCUT2D eigenvalue weighted by atomic mass is 9.71. The van der Waals surface area contributed by atoms with Gasteiger partial charge in [0.15, 0.2) is 23.8 Å². The first-order valence-electron chi connectivity index (χ1n) is 17.8. The Morgan fingerprint density at radius 1 is 0.627 bits per heavy atom. The Hall–Kier alpha value is -4.58. The summed E-state index contributed by atoms with van der Waals surface area (Å²) in [5.74, 6) is -0.963. The molecule has 0 aliphatic heterocycles. The van der Waals surface area contributed by atoms with Gasteiger partial charge in [0.1, 0.15) is 0 Å². The topological polar surface area (TPSA) is 86.7 Å². The van der Waals surface area contributed by atoms with Gasteiger partial charge in [-0.1, -0.05) is 149 Å². The summed E-state index contributed by atoms with van der Waals surface area (Å²) >= 11 is 0. The molecule has 51 heavy (non-hydrogen) atoms. The van der Waals surface area contributed by atoms with E-state index in [1.165, 1.54) is 0 Å². The number of carbonyl (C=O) groups is 4. The van der Waals surface area contributed by atoms with Gasteiger partial charge in [0.25, 0.3) is 0 Å². The fourth-order valence-electron chi connectivity index (χ4n) is 6.04. The summed E-state index contributed by atoms with van der Waals surface area (Å²) in [4.78, 5) is 49.3. The van der Waals surface area contributed by atoms with E-state index in [9.17, 15) is 19.2 Å². The van der Waals surface area contributed by atoms with Crippen LogP contribution in [0.3, 0.4) is 0 Å². The molecule has 0 spiro atoms. The molecule has 2 atom stereocenters. The zero-order valence-electron chi connectivity index (χ0n) is 32.8. The van der Waals surface area contributed by atoms with Crippen molar-refractivity contribution in [3.63, 3.8) is 0 Å². The first-order chi connectivity index (χ1) is 23.8. The van der Waals surface area contributed by atoms with Crippen LogP contribution in [0.5, 0.6) is 0 Å². The molecule has 0 aromatic carbocycles. The smallest absolute Gasteiger partial charge is 0.306 e. The number of ether oxygens (including phenoxy) is 2. The Kier molecular flexibility index (Phi) is 16.0. The lowest BCUT2D eigenvalue weighted by Gasteiger charge is -2.36. The Bertz CT molecular complexity index is 1700. The molecule has 6 nitrogen and oxygen atoms in total. The maximum absolute atomic E-state index is 12.9. The molecule has 0 saturated carbocycles. The van der Waals surface area contributed by atoms with Gasteiger partial charge in [-0.2, -0.15) is 0 Å². The van der Waals surface area contributed by atoms with E-state index in [0.29, 0.717) is 17.6 Å². The van der Waals surface area contributed by atoms with Crippen molar-refractivity contribution in [3.8, 4) is 0 Å². The number of rotatable bonds is 14. The van der Waals surface area contributed by atoms with Crippen molar-refractivity contribution in [1.29, 1.82) is 0 Å². The van der Waals surface area contributed by atoms with Crippen LogP contribution in [0.2, 0.25) is 0 Å². The van der Waals surface area contributed by atoms with E-state index in [2.05, 4.69) is 13.8 Å². The highest BCUT2D eigenvalue weighted by atomic mass is 16.6. The van der Waals surface area contributed by atoms with E-state index in [1.807, 2.05) is 134 Å². The second kappa shape index (κ2) is 19.1. The van der Waals surface area contributed by atoms with Crippen molar-refractivity contribution in [2.45, 2.75) is 115 Å². The average molecular weight is 695 g/mol. The minimum Gasteiger partial charge on any atom is -0.454 e. The quantitative estimate of drug-likeness (QED) is 0.133. The molecule has 0 heterocycles. The summed E-state index contributed by atoms with van der Waals surface area (Å²) in [6, 6.07) is 0. The van der Waals surface area contributed by atoms with Crippen molar-refractivity contribution >= 4 is 23.5 Å². The Morgan fingerprint density at radius 2 is 1.04 bits per heavy atom. The number of carbonyl (C=O) groups excluding carboxylic acids is 4. The molecule has 2 aliphatic carbocycles. The largest absolute Gasteiger partial charge is 0.454 e. The number of Topliss-reactive ketones (excluding diaryl/α,β-unsaturated/α-hetero) is 2. The van der Waals surface area contributed by atoms with Crippen molar-refractivity contribution in [2.24, 2.45) is 10.8 Å². The first kappa shape index (κ1) is 42.6. The van der Waals surface area contributed by atoms with Gasteiger partial charge in [-0.15, -0.1) is 0 Å². The van der Waals surface area contributed by atoms with Crippen LogP contribution >= 0.6 is 0 Å². The lowest BCUT2D eigenvalue weighted by molar-refractivity contribution is -0.157. The predicted octanol–water partition coefficient (Wildman–Crippen LogP) is 10.4. The van der Waals surface area contributed by atoms with Crippen molar-refractivity contribution in [2.75, 3.05) is 0 Å². The molecule has 0 N–H and O–H groups in total. The highest BCUT2D eigenvalue weighted by Gasteiger charge is 2.47. The normalized spacial score (nSPS) is 22.3. The van der Waals surface area contributed by atoms with Gasteiger partial charge >= 0.3 is 11.9 Å². The molecular weight excluding hydrogens is 636 g/mol. The number of esters is 2. The summed E-state index contributed by atoms with van der Waals surface area (Å²) in [6.45, 7) is 23.2. The maximum Gasteiger partial charge on any atom is 0.306 e. The third-order valence-electron chi connectivity index (χ3n) is 9.24. The average Bonchev–Trinajstić information content (AvgIpc) is 3.22. The van der Waals surface area contributed by atoms with Gasteiger partial charge in [-0.05, 0) is 69.2 Å². The molecule has 0 aromatic heterocycles. The molecule has 0 fully saturated rings. The van der Waals surface area contributed by atoms with E-state index in [4.69, 9.17) is 9.47 Å². The molecule has 0 bridgehead atoms. The fourth-order valence-corrected chi connectivity index (χ4v) is 6.04. The molecule has 6 heteroatoms.